The summed E-state index contributed by atoms with van der Waals surface area (Å²) < 4.78 is 21.4. The lowest BCUT2D eigenvalue weighted by Crippen LogP contribution is -2.47. The van der Waals surface area contributed by atoms with Crippen molar-refractivity contribution < 1.29 is 28.5 Å². The van der Waals surface area contributed by atoms with Gasteiger partial charge in [0.1, 0.15) is 11.4 Å². The summed E-state index contributed by atoms with van der Waals surface area (Å²) in [4.78, 5) is 27.0. The van der Waals surface area contributed by atoms with Crippen LogP contribution < -0.4 is 24.3 Å². The molecule has 1 N–H and O–H groups in total. The second kappa shape index (κ2) is 8.97. The number of nitrogens with one attached hydrogen (secondary N) is 1. The van der Waals surface area contributed by atoms with E-state index in [1.54, 1.807) is 36.9 Å². The molecule has 2 amide bonds. The Morgan fingerprint density at radius 1 is 1.10 bits per heavy atom. The molecule has 2 aliphatic heterocycles. The number of nitrogens with zero attached hydrogens (tertiary/aromatic N) is 1. The minimum Gasteiger partial charge on any atom is -0.493 e. The summed E-state index contributed by atoms with van der Waals surface area (Å²) in [6.07, 6.45) is 0. The van der Waals surface area contributed by atoms with Crippen LogP contribution in [0.1, 0.15) is 23.4 Å². The Morgan fingerprint density at radius 2 is 1.87 bits per heavy atom. The summed E-state index contributed by atoms with van der Waals surface area (Å²) in [5, 5.41) is 2.66. The highest BCUT2D eigenvalue weighted by molar-refractivity contribution is 7.99. The van der Waals surface area contributed by atoms with E-state index in [1.165, 1.54) is 6.92 Å². The number of rotatable bonds is 6. The Labute approximate surface area is 184 Å². The van der Waals surface area contributed by atoms with E-state index in [4.69, 9.17) is 18.9 Å². The van der Waals surface area contributed by atoms with Crippen molar-refractivity contribution in [2.24, 2.45) is 0 Å². The minimum atomic E-state index is -0.561. The van der Waals surface area contributed by atoms with E-state index in [1.807, 2.05) is 30.3 Å². The number of thioether (sulfide) groups is 1. The Bertz CT molecular complexity index is 998. The Hall–Kier alpha value is -3.07. The molecular weight excluding hydrogens is 420 g/mol. The first-order valence-corrected chi connectivity index (χ1v) is 10.9. The molecule has 0 radical (unpaired) electrons. The number of carbonyl (C=O) groups is 2. The predicted molar refractivity (Wildman–Crippen MR) is 115 cm³/mol. The van der Waals surface area contributed by atoms with Gasteiger partial charge in [-0.05, 0) is 35.4 Å². The van der Waals surface area contributed by atoms with Crippen LogP contribution in [0.3, 0.4) is 0 Å². The quantitative estimate of drug-likeness (QED) is 0.733. The molecule has 2 aromatic rings. The number of hydrogen-bond acceptors (Lipinski definition) is 7. The Kier molecular flexibility index (Phi) is 6.13. The maximum atomic E-state index is 12.9. The Morgan fingerprint density at radius 3 is 2.61 bits per heavy atom. The molecule has 9 heteroatoms. The fourth-order valence-electron chi connectivity index (χ4n) is 3.71. The summed E-state index contributed by atoms with van der Waals surface area (Å²) in [5.41, 5.74) is 1.78. The molecule has 164 valence electrons. The number of benzene rings is 2. The molecule has 0 spiro atoms. The van der Waals surface area contributed by atoms with Gasteiger partial charge in [-0.3, -0.25) is 9.59 Å². The highest BCUT2D eigenvalue weighted by Crippen LogP contribution is 2.43. The van der Waals surface area contributed by atoms with Gasteiger partial charge in [-0.25, -0.2) is 0 Å². The topological polar surface area (TPSA) is 86.3 Å². The molecule has 1 saturated heterocycles. The van der Waals surface area contributed by atoms with Gasteiger partial charge in [0.25, 0.3) is 0 Å². The maximum absolute atomic E-state index is 12.9. The van der Waals surface area contributed by atoms with Crippen LogP contribution in [0.5, 0.6) is 23.0 Å². The summed E-state index contributed by atoms with van der Waals surface area (Å²) in [6.45, 7) is 2.02. The molecule has 4 rings (SSSR count). The smallest absolute Gasteiger partial charge is 0.243 e. The van der Waals surface area contributed by atoms with Gasteiger partial charge in [0.2, 0.25) is 18.6 Å². The molecular formula is C22H24N2O6S. The third kappa shape index (κ3) is 4.23. The molecule has 2 atom stereocenters. The van der Waals surface area contributed by atoms with Gasteiger partial charge in [0.05, 0.1) is 14.2 Å². The third-order valence-corrected chi connectivity index (χ3v) is 6.59. The molecule has 2 unspecified atom stereocenters. The van der Waals surface area contributed by atoms with Gasteiger partial charge in [0, 0.05) is 19.2 Å². The average molecular weight is 445 g/mol. The fourth-order valence-corrected chi connectivity index (χ4v) is 5.19. The maximum Gasteiger partial charge on any atom is 0.243 e. The van der Waals surface area contributed by atoms with E-state index in [0.717, 1.165) is 11.1 Å². The van der Waals surface area contributed by atoms with E-state index in [2.05, 4.69) is 5.32 Å². The second-order valence-corrected chi connectivity index (χ2v) is 8.26. The van der Waals surface area contributed by atoms with E-state index >= 15 is 0 Å². The lowest BCUT2D eigenvalue weighted by molar-refractivity contribution is -0.138. The zero-order valence-electron chi connectivity index (χ0n) is 17.5. The van der Waals surface area contributed by atoms with Crippen molar-refractivity contribution in [2.75, 3.05) is 26.8 Å². The van der Waals surface area contributed by atoms with Gasteiger partial charge in [-0.1, -0.05) is 12.1 Å². The molecule has 1 fully saturated rings. The van der Waals surface area contributed by atoms with Gasteiger partial charge in [-0.2, -0.15) is 0 Å². The monoisotopic (exact) mass is 444 g/mol. The molecule has 0 aliphatic carbocycles. The molecule has 2 heterocycles. The van der Waals surface area contributed by atoms with Crippen LogP contribution in [0.15, 0.2) is 36.4 Å². The molecule has 2 aliphatic rings. The lowest BCUT2D eigenvalue weighted by Gasteiger charge is -2.28. The molecule has 2 aromatic carbocycles. The first-order valence-electron chi connectivity index (χ1n) is 9.80. The number of fused-ring (bicyclic) bond motifs is 1. The highest BCUT2D eigenvalue weighted by atomic mass is 32.2. The first kappa shape index (κ1) is 21.2. The van der Waals surface area contributed by atoms with E-state index in [-0.39, 0.29) is 24.0 Å². The standard InChI is InChI=1S/C22H24N2O6S/c1-13(25)24-16(11-31-22(24)15-5-7-17(27-2)19(9-15)28-3)21(26)23-10-14-4-6-18-20(8-14)30-12-29-18/h4-9,16,22H,10-12H2,1-3H3,(H,23,26). The molecule has 0 saturated carbocycles. The van der Waals surface area contributed by atoms with Gasteiger partial charge < -0.3 is 29.2 Å². The number of carbonyl (C=O) groups excluding carboxylic acids is 2. The number of ether oxygens (including phenoxy) is 4. The molecule has 0 aromatic heterocycles. The summed E-state index contributed by atoms with van der Waals surface area (Å²) in [5.74, 6) is 2.72. The fraction of sp³-hybridized carbons (Fsp3) is 0.364. The van der Waals surface area contributed by atoms with Crippen LogP contribution in [0.25, 0.3) is 0 Å². The van der Waals surface area contributed by atoms with Crippen LogP contribution in [0, 0.1) is 0 Å². The second-order valence-electron chi connectivity index (χ2n) is 7.15. The summed E-state index contributed by atoms with van der Waals surface area (Å²) in [6, 6.07) is 10.5. The van der Waals surface area contributed by atoms with Crippen molar-refractivity contribution in [3.05, 3.63) is 47.5 Å². The van der Waals surface area contributed by atoms with Crippen molar-refractivity contribution in [3.63, 3.8) is 0 Å². The SMILES string of the molecule is COc1ccc(C2SCC(C(=O)NCc3ccc4c(c3)OCO4)N2C(C)=O)cc1OC. The van der Waals surface area contributed by atoms with E-state index < -0.39 is 6.04 Å². The molecule has 8 nitrogen and oxygen atoms in total. The first-order chi connectivity index (χ1) is 15.0. The highest BCUT2D eigenvalue weighted by Gasteiger charge is 2.41. The van der Waals surface area contributed by atoms with Crippen molar-refractivity contribution >= 4 is 23.6 Å². The van der Waals surface area contributed by atoms with Gasteiger partial charge in [0.15, 0.2) is 23.0 Å². The van der Waals surface area contributed by atoms with Crippen molar-refractivity contribution in [1.29, 1.82) is 0 Å². The molecule has 0 bridgehead atoms. The van der Waals surface area contributed by atoms with E-state index in [9.17, 15) is 9.59 Å². The van der Waals surface area contributed by atoms with Crippen molar-refractivity contribution in [1.82, 2.24) is 10.2 Å². The average Bonchev–Trinajstić information content (AvgIpc) is 3.43. The third-order valence-electron chi connectivity index (χ3n) is 5.26. The summed E-state index contributed by atoms with van der Waals surface area (Å²) >= 11 is 1.55. The van der Waals surface area contributed by atoms with Crippen LogP contribution >= 0.6 is 11.8 Å². The minimum absolute atomic E-state index is 0.159. The van der Waals surface area contributed by atoms with Gasteiger partial charge >= 0.3 is 0 Å². The normalized spacial score (nSPS) is 19.3. The number of amides is 2. The van der Waals surface area contributed by atoms with E-state index in [0.29, 0.717) is 35.3 Å². The van der Waals surface area contributed by atoms with Crippen LogP contribution in [0.4, 0.5) is 0 Å². The lowest BCUT2D eigenvalue weighted by atomic mass is 10.1. The number of hydrogen-bond donors (Lipinski definition) is 1. The largest absolute Gasteiger partial charge is 0.493 e. The zero-order chi connectivity index (χ0) is 22.0. The summed E-state index contributed by atoms with van der Waals surface area (Å²) in [7, 11) is 3.14. The van der Waals surface area contributed by atoms with Crippen LogP contribution in [-0.4, -0.2) is 49.5 Å². The number of methoxy groups -OCH3 is 2. The predicted octanol–water partition coefficient (Wildman–Crippen LogP) is 2.71. The Balaban J connectivity index is 1.47. The van der Waals surface area contributed by atoms with Crippen molar-refractivity contribution in [3.8, 4) is 23.0 Å². The van der Waals surface area contributed by atoms with Gasteiger partial charge in [-0.15, -0.1) is 11.8 Å². The molecule has 31 heavy (non-hydrogen) atoms. The van der Waals surface area contributed by atoms with Crippen molar-refractivity contribution in [2.45, 2.75) is 24.9 Å². The van der Waals surface area contributed by atoms with Crippen LogP contribution in [0.2, 0.25) is 0 Å². The van der Waals surface area contributed by atoms with Crippen LogP contribution in [-0.2, 0) is 16.1 Å². The zero-order valence-corrected chi connectivity index (χ0v) is 18.4.